The van der Waals surface area contributed by atoms with Gasteiger partial charge in [0.05, 0.1) is 6.54 Å². The first-order chi connectivity index (χ1) is 6.20. The van der Waals surface area contributed by atoms with Crippen molar-refractivity contribution in [1.29, 1.82) is 0 Å². The minimum atomic E-state index is 0. The summed E-state index contributed by atoms with van der Waals surface area (Å²) in [5, 5.41) is 3.31. The highest BCUT2D eigenvalue weighted by Crippen LogP contribution is 1.95. The van der Waals surface area contributed by atoms with Gasteiger partial charge in [-0.2, -0.15) is 0 Å². The molecule has 1 rings (SSSR count). The molecule has 15 heavy (non-hydrogen) atoms. The van der Waals surface area contributed by atoms with E-state index in [-0.39, 0.29) is 30.7 Å². The zero-order valence-electron chi connectivity index (χ0n) is 9.36. The Hall–Kier alpha value is -0.0300. The van der Waals surface area contributed by atoms with Crippen LogP contribution in [-0.4, -0.2) is 62.5 Å². The van der Waals surface area contributed by atoms with E-state index in [1.807, 2.05) is 0 Å². The molecule has 92 valence electrons. The van der Waals surface area contributed by atoms with Crippen molar-refractivity contribution in [2.45, 2.75) is 6.42 Å². The largest absolute Gasteiger partial charge is 0.348 e. The third kappa shape index (κ3) is 6.95. The monoisotopic (exact) mass is 257 g/mol. The third-order valence-corrected chi connectivity index (χ3v) is 2.29. The van der Waals surface area contributed by atoms with Crippen LogP contribution in [0.5, 0.6) is 0 Å². The topological polar surface area (TPSA) is 35.6 Å². The normalized spacial score (nSPS) is 16.9. The van der Waals surface area contributed by atoms with Crippen LogP contribution in [0, 0.1) is 0 Å². The van der Waals surface area contributed by atoms with Crippen LogP contribution in [0.3, 0.4) is 0 Å². The van der Waals surface area contributed by atoms with Crippen molar-refractivity contribution >= 4 is 30.7 Å². The van der Waals surface area contributed by atoms with Gasteiger partial charge in [0.15, 0.2) is 0 Å². The van der Waals surface area contributed by atoms with Gasteiger partial charge in [-0.05, 0) is 19.5 Å². The Bertz CT molecular complexity index is 171. The Morgan fingerprint density at radius 1 is 1.27 bits per heavy atom. The molecular weight excluding hydrogens is 237 g/mol. The maximum absolute atomic E-state index is 11.4. The number of hydrogen-bond donors (Lipinski definition) is 1. The molecule has 1 amide bonds. The molecule has 0 atom stereocenters. The fraction of sp³-hybridized carbons (Fsp3) is 0.889. The molecule has 0 spiro atoms. The van der Waals surface area contributed by atoms with E-state index in [9.17, 15) is 4.79 Å². The first-order valence-corrected chi connectivity index (χ1v) is 4.83. The predicted molar refractivity (Wildman–Crippen MR) is 67.1 cm³/mol. The summed E-state index contributed by atoms with van der Waals surface area (Å²) < 4.78 is 0. The van der Waals surface area contributed by atoms with Crippen molar-refractivity contribution in [3.8, 4) is 0 Å². The molecule has 1 fully saturated rings. The maximum atomic E-state index is 11.4. The molecule has 0 saturated carbocycles. The van der Waals surface area contributed by atoms with E-state index in [0.717, 1.165) is 32.6 Å². The molecule has 0 radical (unpaired) electrons. The summed E-state index contributed by atoms with van der Waals surface area (Å²) in [6, 6.07) is 0. The Kier molecular flexibility index (Phi) is 10.7. The molecule has 1 aliphatic heterocycles. The van der Waals surface area contributed by atoms with Gasteiger partial charge in [0.2, 0.25) is 5.91 Å². The molecule has 0 unspecified atom stereocenters. The van der Waals surface area contributed by atoms with Gasteiger partial charge < -0.3 is 10.2 Å². The minimum Gasteiger partial charge on any atom is -0.348 e. The molecule has 1 N–H and O–H groups in total. The van der Waals surface area contributed by atoms with Gasteiger partial charge in [0.1, 0.15) is 0 Å². The van der Waals surface area contributed by atoms with Gasteiger partial charge in [-0.15, -0.1) is 24.8 Å². The van der Waals surface area contributed by atoms with Crippen LogP contribution in [0.1, 0.15) is 6.42 Å². The molecule has 0 aromatic heterocycles. The smallest absolute Gasteiger partial charge is 0.236 e. The highest BCUT2D eigenvalue weighted by Gasteiger charge is 2.13. The zero-order valence-corrected chi connectivity index (χ0v) is 11.0. The Balaban J connectivity index is 0. The molecule has 0 aliphatic carbocycles. The molecule has 6 heteroatoms. The van der Waals surface area contributed by atoms with E-state index < -0.39 is 0 Å². The van der Waals surface area contributed by atoms with Crippen molar-refractivity contribution in [2.24, 2.45) is 0 Å². The van der Waals surface area contributed by atoms with E-state index in [2.05, 4.69) is 10.2 Å². The predicted octanol–water partition coefficient (Wildman–Crippen LogP) is 0.213. The summed E-state index contributed by atoms with van der Waals surface area (Å²) in [5.41, 5.74) is 0. The Morgan fingerprint density at radius 2 is 1.93 bits per heavy atom. The minimum absolute atomic E-state index is 0. The number of nitrogens with zero attached hydrogens (tertiary/aromatic N) is 2. The van der Waals surface area contributed by atoms with Gasteiger partial charge in [0, 0.05) is 27.2 Å². The van der Waals surface area contributed by atoms with Crippen LogP contribution in [0.2, 0.25) is 0 Å². The van der Waals surface area contributed by atoms with Crippen molar-refractivity contribution < 1.29 is 4.79 Å². The molecule has 1 heterocycles. The fourth-order valence-corrected chi connectivity index (χ4v) is 1.39. The average molecular weight is 258 g/mol. The zero-order chi connectivity index (χ0) is 9.68. The molecule has 4 nitrogen and oxygen atoms in total. The number of carbonyl (C=O) groups excluding carboxylic acids is 1. The number of nitrogens with one attached hydrogen (secondary N) is 1. The fourth-order valence-electron chi connectivity index (χ4n) is 1.39. The molecule has 1 aliphatic rings. The van der Waals surface area contributed by atoms with E-state index in [0.29, 0.717) is 6.54 Å². The van der Waals surface area contributed by atoms with Crippen LogP contribution >= 0.6 is 24.8 Å². The summed E-state index contributed by atoms with van der Waals surface area (Å²) in [5.74, 6) is 0.196. The molecule has 1 saturated heterocycles. The Morgan fingerprint density at radius 3 is 2.53 bits per heavy atom. The molecular formula is C9H21Cl2N3O. The third-order valence-electron chi connectivity index (χ3n) is 2.29. The second-order valence-corrected chi connectivity index (χ2v) is 3.67. The van der Waals surface area contributed by atoms with E-state index in [1.165, 1.54) is 0 Å². The van der Waals surface area contributed by atoms with E-state index >= 15 is 0 Å². The number of rotatable bonds is 2. The summed E-state index contributed by atoms with van der Waals surface area (Å²) in [6.45, 7) is 4.66. The number of hydrogen-bond acceptors (Lipinski definition) is 3. The second-order valence-electron chi connectivity index (χ2n) is 3.67. The second kappa shape index (κ2) is 9.21. The number of amides is 1. The van der Waals surface area contributed by atoms with Crippen LogP contribution in [0.15, 0.2) is 0 Å². The number of likely N-dealkylation sites (N-methyl/N-ethyl adjacent to an activating group) is 1. The SMILES string of the molecule is CN(C)C(=O)CN1CCCNCC1.Cl.Cl. The molecule has 0 aromatic carbocycles. The van der Waals surface area contributed by atoms with Gasteiger partial charge >= 0.3 is 0 Å². The first kappa shape index (κ1) is 17.4. The summed E-state index contributed by atoms with van der Waals surface area (Å²) in [4.78, 5) is 15.2. The van der Waals surface area contributed by atoms with Crippen molar-refractivity contribution in [2.75, 3.05) is 46.8 Å². The van der Waals surface area contributed by atoms with Crippen LogP contribution in [-0.2, 0) is 4.79 Å². The van der Waals surface area contributed by atoms with Crippen molar-refractivity contribution in [1.82, 2.24) is 15.1 Å². The average Bonchev–Trinajstić information content (AvgIpc) is 2.32. The standard InChI is InChI=1S/C9H19N3O.2ClH/c1-11(2)9(13)8-12-6-3-4-10-5-7-12;;/h10H,3-8H2,1-2H3;2*1H. The quantitative estimate of drug-likeness (QED) is 0.769. The van der Waals surface area contributed by atoms with Crippen LogP contribution < -0.4 is 5.32 Å². The summed E-state index contributed by atoms with van der Waals surface area (Å²) >= 11 is 0. The summed E-state index contributed by atoms with van der Waals surface area (Å²) in [6.07, 6.45) is 1.14. The van der Waals surface area contributed by atoms with Crippen molar-refractivity contribution in [3.05, 3.63) is 0 Å². The van der Waals surface area contributed by atoms with Gasteiger partial charge in [-0.3, -0.25) is 9.69 Å². The lowest BCUT2D eigenvalue weighted by molar-refractivity contribution is -0.129. The Labute approximate surface area is 104 Å². The lowest BCUT2D eigenvalue weighted by Gasteiger charge is -2.20. The lowest BCUT2D eigenvalue weighted by Crippen LogP contribution is -2.38. The first-order valence-electron chi connectivity index (χ1n) is 4.83. The van der Waals surface area contributed by atoms with Crippen molar-refractivity contribution in [3.63, 3.8) is 0 Å². The number of carbonyl (C=O) groups is 1. The van der Waals surface area contributed by atoms with Gasteiger partial charge in [-0.1, -0.05) is 0 Å². The maximum Gasteiger partial charge on any atom is 0.236 e. The van der Waals surface area contributed by atoms with Gasteiger partial charge in [-0.25, -0.2) is 0 Å². The highest BCUT2D eigenvalue weighted by atomic mass is 35.5. The summed E-state index contributed by atoms with van der Waals surface area (Å²) in [7, 11) is 3.61. The lowest BCUT2D eigenvalue weighted by atomic mass is 10.4. The van der Waals surface area contributed by atoms with Crippen LogP contribution in [0.25, 0.3) is 0 Å². The highest BCUT2D eigenvalue weighted by molar-refractivity contribution is 5.85. The van der Waals surface area contributed by atoms with Crippen LogP contribution in [0.4, 0.5) is 0 Å². The van der Waals surface area contributed by atoms with Gasteiger partial charge in [0.25, 0.3) is 0 Å². The van der Waals surface area contributed by atoms with E-state index in [1.54, 1.807) is 19.0 Å². The number of halogens is 2. The van der Waals surface area contributed by atoms with E-state index in [4.69, 9.17) is 0 Å². The molecule has 0 bridgehead atoms. The molecule has 0 aromatic rings.